The average molecular weight is 438 g/mol. The van der Waals surface area contributed by atoms with E-state index in [4.69, 9.17) is 4.74 Å². The van der Waals surface area contributed by atoms with E-state index in [1.165, 1.54) is 31.5 Å². The Kier molecular flexibility index (Phi) is 5.49. The molecule has 2 aromatic heterocycles. The fourth-order valence-electron chi connectivity index (χ4n) is 3.22. The van der Waals surface area contributed by atoms with E-state index in [1.807, 2.05) is 0 Å². The van der Waals surface area contributed by atoms with Crippen LogP contribution in [0.2, 0.25) is 0 Å². The monoisotopic (exact) mass is 438 g/mol. The van der Waals surface area contributed by atoms with Crippen molar-refractivity contribution in [1.29, 1.82) is 0 Å². The predicted octanol–water partition coefficient (Wildman–Crippen LogP) is 1.76. The molecule has 9 nitrogen and oxygen atoms in total. The van der Waals surface area contributed by atoms with E-state index < -0.39 is 21.8 Å². The second kappa shape index (κ2) is 8.25. The minimum absolute atomic E-state index is 0.000626. The Balaban J connectivity index is 1.59. The zero-order valence-electron chi connectivity index (χ0n) is 16.5. The van der Waals surface area contributed by atoms with Crippen molar-refractivity contribution in [2.24, 2.45) is 0 Å². The molecule has 158 valence electrons. The Morgan fingerprint density at radius 3 is 2.52 bits per heavy atom. The van der Waals surface area contributed by atoms with Gasteiger partial charge in [-0.25, -0.2) is 13.1 Å². The maximum atomic E-state index is 12.9. The highest BCUT2D eigenvalue weighted by Crippen LogP contribution is 2.28. The van der Waals surface area contributed by atoms with Crippen molar-refractivity contribution in [3.8, 4) is 5.75 Å². The molecule has 1 N–H and O–H groups in total. The fraction of sp³-hybridized carbons (Fsp3) is 0.143. The van der Waals surface area contributed by atoms with Crippen LogP contribution in [0.15, 0.2) is 65.8 Å². The summed E-state index contributed by atoms with van der Waals surface area (Å²) in [6.45, 7) is -0.0958. The second-order valence-corrected chi connectivity index (χ2v) is 8.46. The van der Waals surface area contributed by atoms with Crippen molar-refractivity contribution in [3.05, 3.63) is 83.4 Å². The summed E-state index contributed by atoms with van der Waals surface area (Å²) in [6.07, 6.45) is 3.01. The SMILES string of the molecule is COc1ccc(CN2C(=O)c3cccnc3C2=O)cc1S(=O)(=O)NCc1ccccn1. The summed E-state index contributed by atoms with van der Waals surface area (Å²) in [4.78, 5) is 34.1. The minimum atomic E-state index is -3.95. The van der Waals surface area contributed by atoms with Gasteiger partial charge in [0.2, 0.25) is 10.0 Å². The van der Waals surface area contributed by atoms with Crippen molar-refractivity contribution in [2.45, 2.75) is 18.0 Å². The first-order chi connectivity index (χ1) is 14.9. The van der Waals surface area contributed by atoms with Gasteiger partial charge < -0.3 is 4.74 Å². The van der Waals surface area contributed by atoms with Crippen LogP contribution in [0.1, 0.15) is 32.1 Å². The third-order valence-corrected chi connectivity index (χ3v) is 6.18. The molecule has 0 saturated carbocycles. The van der Waals surface area contributed by atoms with Crippen LogP contribution in [0.5, 0.6) is 5.75 Å². The van der Waals surface area contributed by atoms with Gasteiger partial charge >= 0.3 is 0 Å². The summed E-state index contributed by atoms with van der Waals surface area (Å²) in [7, 11) is -2.59. The van der Waals surface area contributed by atoms with Gasteiger partial charge in [0.15, 0.2) is 0 Å². The molecule has 1 aliphatic rings. The molecule has 2 amide bonds. The van der Waals surface area contributed by atoms with E-state index in [-0.39, 0.29) is 35.0 Å². The van der Waals surface area contributed by atoms with Gasteiger partial charge in [-0.2, -0.15) is 0 Å². The van der Waals surface area contributed by atoms with Crippen LogP contribution in [0.25, 0.3) is 0 Å². The number of benzene rings is 1. The van der Waals surface area contributed by atoms with E-state index in [1.54, 1.807) is 36.5 Å². The minimum Gasteiger partial charge on any atom is -0.495 e. The lowest BCUT2D eigenvalue weighted by atomic mass is 10.2. The summed E-state index contributed by atoms with van der Waals surface area (Å²) in [5.41, 5.74) is 1.32. The molecule has 3 aromatic rings. The Labute approximate surface area is 178 Å². The van der Waals surface area contributed by atoms with Gasteiger partial charge in [0.1, 0.15) is 16.3 Å². The molecule has 0 saturated heterocycles. The molecule has 4 rings (SSSR count). The molecule has 1 aromatic carbocycles. The molecular formula is C21H18N4O5S. The summed E-state index contributed by atoms with van der Waals surface area (Å²) < 4.78 is 33.5. The number of nitrogens with one attached hydrogen (secondary N) is 1. The zero-order chi connectivity index (χ0) is 22.0. The highest BCUT2D eigenvalue weighted by Gasteiger charge is 2.36. The molecule has 0 atom stereocenters. The van der Waals surface area contributed by atoms with Gasteiger partial charge in [0.25, 0.3) is 11.8 Å². The quantitative estimate of drug-likeness (QED) is 0.558. The van der Waals surface area contributed by atoms with Crippen LogP contribution in [0.3, 0.4) is 0 Å². The second-order valence-electron chi connectivity index (χ2n) is 6.73. The third kappa shape index (κ3) is 4.03. The average Bonchev–Trinajstić information content (AvgIpc) is 3.03. The highest BCUT2D eigenvalue weighted by molar-refractivity contribution is 7.89. The smallest absolute Gasteiger partial charge is 0.280 e. The van der Waals surface area contributed by atoms with E-state index in [2.05, 4.69) is 14.7 Å². The van der Waals surface area contributed by atoms with Gasteiger partial charge in [0, 0.05) is 12.4 Å². The number of carbonyl (C=O) groups excluding carboxylic acids is 2. The van der Waals surface area contributed by atoms with E-state index in [0.717, 1.165) is 4.90 Å². The van der Waals surface area contributed by atoms with Crippen molar-refractivity contribution < 1.29 is 22.7 Å². The van der Waals surface area contributed by atoms with Gasteiger partial charge in [-0.1, -0.05) is 12.1 Å². The molecule has 0 spiro atoms. The first-order valence-corrected chi connectivity index (χ1v) is 10.8. The van der Waals surface area contributed by atoms with Gasteiger partial charge in [0.05, 0.1) is 31.5 Å². The summed E-state index contributed by atoms with van der Waals surface area (Å²) >= 11 is 0. The van der Waals surface area contributed by atoms with Crippen molar-refractivity contribution in [2.75, 3.05) is 7.11 Å². The first kappa shape index (κ1) is 20.6. The maximum absolute atomic E-state index is 12.9. The standard InChI is InChI=1S/C21H18N4O5S/c1-30-17-8-7-14(13-25-20(26)16-6-4-10-23-19(16)21(25)27)11-18(17)31(28,29)24-12-15-5-2-3-9-22-15/h2-11,24H,12-13H2,1H3. The van der Waals surface area contributed by atoms with Crippen molar-refractivity contribution >= 4 is 21.8 Å². The van der Waals surface area contributed by atoms with Crippen LogP contribution in [0, 0.1) is 0 Å². The normalized spacial score (nSPS) is 13.4. The number of sulfonamides is 1. The number of carbonyl (C=O) groups is 2. The molecule has 0 aliphatic carbocycles. The van der Waals surface area contributed by atoms with Crippen LogP contribution in [-0.2, 0) is 23.1 Å². The number of aromatic nitrogens is 2. The molecule has 10 heteroatoms. The number of rotatable bonds is 7. The molecule has 31 heavy (non-hydrogen) atoms. The number of hydrogen-bond donors (Lipinski definition) is 1. The molecule has 1 aliphatic heterocycles. The van der Waals surface area contributed by atoms with Crippen molar-refractivity contribution in [3.63, 3.8) is 0 Å². The zero-order valence-corrected chi connectivity index (χ0v) is 17.3. The molecule has 0 fully saturated rings. The molecule has 0 unspecified atom stereocenters. The lowest BCUT2D eigenvalue weighted by Crippen LogP contribution is -2.29. The molecule has 3 heterocycles. The predicted molar refractivity (Wildman–Crippen MR) is 110 cm³/mol. The molecule has 0 radical (unpaired) electrons. The Morgan fingerprint density at radius 1 is 1.00 bits per heavy atom. The Hall–Kier alpha value is -3.63. The van der Waals surface area contributed by atoms with Crippen LogP contribution >= 0.6 is 0 Å². The molecule has 0 bridgehead atoms. The highest BCUT2D eigenvalue weighted by atomic mass is 32.2. The van der Waals surface area contributed by atoms with E-state index in [9.17, 15) is 18.0 Å². The number of methoxy groups -OCH3 is 1. The van der Waals surface area contributed by atoms with Crippen molar-refractivity contribution in [1.82, 2.24) is 19.6 Å². The number of hydrogen-bond acceptors (Lipinski definition) is 7. The lowest BCUT2D eigenvalue weighted by Gasteiger charge is -2.16. The fourth-order valence-corrected chi connectivity index (χ4v) is 4.43. The Bertz CT molecular complexity index is 1230. The van der Waals surface area contributed by atoms with Crippen LogP contribution in [0.4, 0.5) is 0 Å². The molecular weight excluding hydrogens is 420 g/mol. The third-order valence-electron chi connectivity index (χ3n) is 4.76. The lowest BCUT2D eigenvalue weighted by molar-refractivity contribution is 0.0640. The number of pyridine rings is 2. The topological polar surface area (TPSA) is 119 Å². The van der Waals surface area contributed by atoms with Gasteiger partial charge in [-0.3, -0.25) is 24.5 Å². The van der Waals surface area contributed by atoms with Crippen LogP contribution < -0.4 is 9.46 Å². The Morgan fingerprint density at radius 2 is 1.81 bits per heavy atom. The van der Waals surface area contributed by atoms with E-state index in [0.29, 0.717) is 11.3 Å². The maximum Gasteiger partial charge on any atom is 0.280 e. The summed E-state index contributed by atoms with van der Waals surface area (Å²) in [6, 6.07) is 12.8. The summed E-state index contributed by atoms with van der Waals surface area (Å²) in [5.74, 6) is -0.850. The first-order valence-electron chi connectivity index (χ1n) is 9.28. The van der Waals surface area contributed by atoms with Gasteiger partial charge in [-0.15, -0.1) is 0 Å². The van der Waals surface area contributed by atoms with Crippen LogP contribution in [-0.4, -0.2) is 42.2 Å². The van der Waals surface area contributed by atoms with Gasteiger partial charge in [-0.05, 0) is 42.0 Å². The van der Waals surface area contributed by atoms with E-state index >= 15 is 0 Å². The number of amides is 2. The number of fused-ring (bicyclic) bond motifs is 1. The number of imide groups is 1. The number of nitrogens with zero attached hydrogens (tertiary/aromatic N) is 3. The largest absolute Gasteiger partial charge is 0.495 e. The summed E-state index contributed by atoms with van der Waals surface area (Å²) in [5, 5.41) is 0. The number of ether oxygens (including phenoxy) is 1.